The lowest BCUT2D eigenvalue weighted by molar-refractivity contribution is 0.101. The summed E-state index contributed by atoms with van der Waals surface area (Å²) in [6.45, 7) is 0.489. The normalized spacial score (nSPS) is 13.8. The Morgan fingerprint density at radius 2 is 1.53 bits per heavy atom. The van der Waals surface area contributed by atoms with Crippen LogP contribution in [-0.4, -0.2) is 13.0 Å². The van der Waals surface area contributed by atoms with Crippen LogP contribution in [0.3, 0.4) is 0 Å². The molecule has 5 heteroatoms. The molecule has 0 aromatic heterocycles. The fourth-order valence-corrected chi connectivity index (χ4v) is 3.95. The van der Waals surface area contributed by atoms with E-state index in [4.69, 9.17) is 9.47 Å². The van der Waals surface area contributed by atoms with Crippen LogP contribution < -0.4 is 14.4 Å². The summed E-state index contributed by atoms with van der Waals surface area (Å²) >= 11 is 0. The highest BCUT2D eigenvalue weighted by Gasteiger charge is 2.33. The minimum atomic E-state index is -0.355. The maximum Gasteiger partial charge on any atom is 0.263 e. The molecule has 5 rings (SSSR count). The van der Waals surface area contributed by atoms with Gasteiger partial charge >= 0.3 is 0 Å². The van der Waals surface area contributed by atoms with Gasteiger partial charge in [0, 0.05) is 11.3 Å². The number of benzene rings is 4. The van der Waals surface area contributed by atoms with Crippen molar-refractivity contribution in [3.63, 3.8) is 0 Å². The van der Waals surface area contributed by atoms with Crippen LogP contribution in [0, 0.1) is 5.82 Å². The summed E-state index contributed by atoms with van der Waals surface area (Å²) in [5.74, 6) is 0.821. The Labute approximate surface area is 197 Å². The molecule has 4 nitrogen and oxygen atoms in total. The van der Waals surface area contributed by atoms with E-state index >= 15 is 0 Å². The Morgan fingerprint density at radius 3 is 2.24 bits per heavy atom. The summed E-state index contributed by atoms with van der Waals surface area (Å²) in [4.78, 5) is 14.9. The molecule has 0 aliphatic carbocycles. The Kier molecular flexibility index (Phi) is 5.83. The average Bonchev–Trinajstić information content (AvgIpc) is 3.15. The Hall–Kier alpha value is -4.38. The van der Waals surface area contributed by atoms with E-state index in [-0.39, 0.29) is 11.7 Å². The van der Waals surface area contributed by atoms with E-state index in [1.165, 1.54) is 12.1 Å². The third-order valence-corrected chi connectivity index (χ3v) is 5.69. The number of carbonyl (C=O) groups is 1. The van der Waals surface area contributed by atoms with Crippen molar-refractivity contribution in [2.45, 2.75) is 6.61 Å². The van der Waals surface area contributed by atoms with E-state index in [1.54, 1.807) is 30.2 Å². The number of hydrogen-bond donors (Lipinski definition) is 0. The molecule has 1 aliphatic rings. The molecule has 0 bridgehead atoms. The fourth-order valence-electron chi connectivity index (χ4n) is 3.95. The summed E-state index contributed by atoms with van der Waals surface area (Å²) in [5.41, 5.74) is 4.64. The number of hydrogen-bond acceptors (Lipinski definition) is 3. The van der Waals surface area contributed by atoms with Crippen molar-refractivity contribution in [2.75, 3.05) is 12.0 Å². The minimum Gasteiger partial charge on any atom is -0.497 e. The van der Waals surface area contributed by atoms with Crippen molar-refractivity contribution >= 4 is 23.4 Å². The maximum atomic E-state index is 13.5. The second kappa shape index (κ2) is 9.24. The second-order valence-corrected chi connectivity index (χ2v) is 7.90. The molecule has 0 radical (unpaired) electrons. The summed E-state index contributed by atoms with van der Waals surface area (Å²) in [6, 6.07) is 29.0. The molecule has 4 aromatic rings. The van der Waals surface area contributed by atoms with Gasteiger partial charge in [0.15, 0.2) is 0 Å². The third kappa shape index (κ3) is 4.28. The number of amides is 1. The standard InChI is InChI=1S/C29H22FNO3/c1-33-25-15-16-26-27(18-25)29(32)31(23-11-9-22(30)10-12-23)28(26)17-20-7-13-24(14-8-20)34-19-21-5-3-2-4-6-21/h2-18H,19H2,1H3. The summed E-state index contributed by atoms with van der Waals surface area (Å²) < 4.78 is 24.7. The van der Waals surface area contributed by atoms with Crippen molar-refractivity contribution in [1.82, 2.24) is 0 Å². The van der Waals surface area contributed by atoms with E-state index in [0.717, 1.165) is 22.4 Å². The summed E-state index contributed by atoms with van der Waals surface area (Å²) in [6.07, 6.45) is 1.94. The van der Waals surface area contributed by atoms with Crippen molar-refractivity contribution in [1.29, 1.82) is 0 Å². The van der Waals surface area contributed by atoms with Crippen molar-refractivity contribution in [3.05, 3.63) is 125 Å². The smallest absolute Gasteiger partial charge is 0.263 e. The molecule has 0 fully saturated rings. The van der Waals surface area contributed by atoms with Gasteiger partial charge in [0.2, 0.25) is 0 Å². The predicted octanol–water partition coefficient (Wildman–Crippen LogP) is 6.57. The monoisotopic (exact) mass is 451 g/mol. The number of methoxy groups -OCH3 is 1. The van der Waals surface area contributed by atoms with Gasteiger partial charge in [-0.3, -0.25) is 9.69 Å². The van der Waals surface area contributed by atoms with Crippen molar-refractivity contribution in [2.24, 2.45) is 0 Å². The van der Waals surface area contributed by atoms with Crippen LogP contribution in [0.4, 0.5) is 10.1 Å². The van der Waals surface area contributed by atoms with Crippen LogP contribution in [0.25, 0.3) is 11.8 Å². The zero-order chi connectivity index (χ0) is 23.5. The lowest BCUT2D eigenvalue weighted by atomic mass is 10.1. The fraction of sp³-hybridized carbons (Fsp3) is 0.0690. The molecular weight excluding hydrogens is 429 g/mol. The van der Waals surface area contributed by atoms with E-state index in [2.05, 4.69) is 0 Å². The topological polar surface area (TPSA) is 38.8 Å². The SMILES string of the molecule is COc1ccc2c(c1)C(=O)N(c1ccc(F)cc1)C2=Cc1ccc(OCc2ccccc2)cc1. The molecule has 0 unspecified atom stereocenters. The van der Waals surface area contributed by atoms with Gasteiger partial charge in [0.25, 0.3) is 5.91 Å². The first-order valence-corrected chi connectivity index (χ1v) is 10.9. The Bertz CT molecular complexity index is 1350. The number of fused-ring (bicyclic) bond motifs is 1. The highest BCUT2D eigenvalue weighted by atomic mass is 19.1. The molecule has 1 aliphatic heterocycles. The third-order valence-electron chi connectivity index (χ3n) is 5.69. The van der Waals surface area contributed by atoms with Gasteiger partial charge in [-0.05, 0) is 71.8 Å². The quantitative estimate of drug-likeness (QED) is 0.333. The first-order chi connectivity index (χ1) is 16.6. The zero-order valence-electron chi connectivity index (χ0n) is 18.6. The number of ether oxygens (including phenoxy) is 2. The molecule has 0 saturated heterocycles. The lowest BCUT2D eigenvalue weighted by Gasteiger charge is -2.19. The number of halogens is 1. The average molecular weight is 451 g/mol. The molecule has 4 aromatic carbocycles. The van der Waals surface area contributed by atoms with Crippen LogP contribution in [0.15, 0.2) is 97.1 Å². The Balaban J connectivity index is 1.47. The van der Waals surface area contributed by atoms with Crippen LogP contribution >= 0.6 is 0 Å². The van der Waals surface area contributed by atoms with Gasteiger partial charge in [-0.15, -0.1) is 0 Å². The van der Waals surface area contributed by atoms with Crippen LogP contribution in [0.5, 0.6) is 11.5 Å². The molecule has 168 valence electrons. The van der Waals surface area contributed by atoms with Gasteiger partial charge in [-0.2, -0.15) is 0 Å². The predicted molar refractivity (Wildman–Crippen MR) is 131 cm³/mol. The van der Waals surface area contributed by atoms with Crippen LogP contribution in [0.1, 0.15) is 27.0 Å². The number of nitrogens with zero attached hydrogens (tertiary/aromatic N) is 1. The molecule has 1 heterocycles. The van der Waals surface area contributed by atoms with Gasteiger partial charge < -0.3 is 9.47 Å². The van der Waals surface area contributed by atoms with Crippen molar-refractivity contribution in [3.8, 4) is 11.5 Å². The Morgan fingerprint density at radius 1 is 0.824 bits per heavy atom. The molecule has 34 heavy (non-hydrogen) atoms. The van der Waals surface area contributed by atoms with Gasteiger partial charge in [0.1, 0.15) is 23.9 Å². The van der Waals surface area contributed by atoms with E-state index in [0.29, 0.717) is 29.3 Å². The minimum absolute atomic E-state index is 0.186. The lowest BCUT2D eigenvalue weighted by Crippen LogP contribution is -2.22. The largest absolute Gasteiger partial charge is 0.497 e. The number of carbonyl (C=O) groups excluding carboxylic acids is 1. The summed E-state index contributed by atoms with van der Waals surface area (Å²) in [7, 11) is 1.57. The van der Waals surface area contributed by atoms with Crippen molar-refractivity contribution < 1.29 is 18.7 Å². The van der Waals surface area contributed by atoms with E-state index in [9.17, 15) is 9.18 Å². The van der Waals surface area contributed by atoms with Gasteiger partial charge in [-0.25, -0.2) is 4.39 Å². The molecule has 0 atom stereocenters. The number of rotatable bonds is 6. The molecule has 0 spiro atoms. The molecule has 0 saturated carbocycles. The highest BCUT2D eigenvalue weighted by Crippen LogP contribution is 2.39. The van der Waals surface area contributed by atoms with Gasteiger partial charge in [-0.1, -0.05) is 42.5 Å². The molecule has 1 amide bonds. The molecular formula is C29H22FNO3. The first kappa shape index (κ1) is 21.5. The van der Waals surface area contributed by atoms with Gasteiger partial charge in [0.05, 0.1) is 18.4 Å². The highest BCUT2D eigenvalue weighted by molar-refractivity contribution is 6.24. The first-order valence-electron chi connectivity index (χ1n) is 10.9. The van der Waals surface area contributed by atoms with Crippen LogP contribution in [-0.2, 0) is 6.61 Å². The van der Waals surface area contributed by atoms with E-state index in [1.807, 2.05) is 72.8 Å². The second-order valence-electron chi connectivity index (χ2n) is 7.90. The van der Waals surface area contributed by atoms with E-state index < -0.39 is 0 Å². The zero-order valence-corrected chi connectivity index (χ0v) is 18.6. The molecule has 0 N–H and O–H groups in total. The summed E-state index contributed by atoms with van der Waals surface area (Å²) in [5, 5.41) is 0. The number of anilines is 1. The van der Waals surface area contributed by atoms with Crippen LogP contribution in [0.2, 0.25) is 0 Å². The maximum absolute atomic E-state index is 13.5.